The maximum atomic E-state index is 12.7. The summed E-state index contributed by atoms with van der Waals surface area (Å²) < 4.78 is 8.06. The first-order valence-electron chi connectivity index (χ1n) is 12.1. The fourth-order valence-electron chi connectivity index (χ4n) is 4.95. The van der Waals surface area contributed by atoms with Gasteiger partial charge in [0.15, 0.2) is 5.84 Å². The molecule has 0 amide bonds. The van der Waals surface area contributed by atoms with Crippen molar-refractivity contribution in [2.45, 2.75) is 44.7 Å². The molecule has 0 aliphatic carbocycles. The standard InChI is InChI=1S/C26H35N7O2/c1-4-7-14-32(28)25(30-27)24(23-17-18(5-2)22(6-3)35-23)31-15-12-19(13-16-31)33-21-11-9-8-10-20(21)29-26(33)34/h5-6,8-11,17,19,24H,2-4,7,12-16,27-28H2,1H3,(H,29,34)/b30-25-. The van der Waals surface area contributed by atoms with Crippen molar-refractivity contribution in [2.24, 2.45) is 16.8 Å². The zero-order chi connectivity index (χ0) is 24.9. The molecule has 0 radical (unpaired) electrons. The molecule has 1 aliphatic rings. The number of aromatic nitrogens is 2. The minimum absolute atomic E-state index is 0.0737. The van der Waals surface area contributed by atoms with Crippen LogP contribution in [0, 0.1) is 0 Å². The van der Waals surface area contributed by atoms with E-state index in [4.69, 9.17) is 16.1 Å². The molecule has 2 aromatic heterocycles. The Kier molecular flexibility index (Phi) is 7.57. The van der Waals surface area contributed by atoms with Crippen LogP contribution in [0.15, 0.2) is 57.8 Å². The highest BCUT2D eigenvalue weighted by Gasteiger charge is 2.35. The predicted octanol–water partition coefficient (Wildman–Crippen LogP) is 3.83. The van der Waals surface area contributed by atoms with Crippen molar-refractivity contribution in [2.75, 3.05) is 19.6 Å². The van der Waals surface area contributed by atoms with Crippen LogP contribution in [0.5, 0.6) is 0 Å². The second-order valence-electron chi connectivity index (χ2n) is 8.90. The fraction of sp³-hybridized carbons (Fsp3) is 0.385. The highest BCUT2D eigenvalue weighted by Crippen LogP contribution is 2.34. The Bertz CT molecular complexity index is 1230. The number of rotatable bonds is 9. The van der Waals surface area contributed by atoms with Crippen molar-refractivity contribution in [1.82, 2.24) is 19.5 Å². The van der Waals surface area contributed by atoms with Gasteiger partial charge in [-0.3, -0.25) is 14.5 Å². The maximum Gasteiger partial charge on any atom is 0.326 e. The van der Waals surface area contributed by atoms with Gasteiger partial charge in [-0.1, -0.05) is 44.7 Å². The van der Waals surface area contributed by atoms with Crippen LogP contribution in [-0.2, 0) is 0 Å². The van der Waals surface area contributed by atoms with Gasteiger partial charge in [0.05, 0.1) is 11.0 Å². The van der Waals surface area contributed by atoms with Gasteiger partial charge >= 0.3 is 5.69 Å². The molecule has 0 bridgehead atoms. The number of amidine groups is 1. The number of benzene rings is 1. The Balaban J connectivity index is 1.63. The SMILES string of the molecule is C=Cc1cc(C(/C(=N/N)N(N)CCCC)N2CCC(n3c(=O)[nH]c4ccccc43)CC2)oc1C=C. The summed E-state index contributed by atoms with van der Waals surface area (Å²) in [6.45, 7) is 11.9. The first-order chi connectivity index (χ1) is 17.0. The quantitative estimate of drug-likeness (QED) is 0.186. The molecule has 9 nitrogen and oxygen atoms in total. The van der Waals surface area contributed by atoms with Crippen LogP contribution in [0.3, 0.4) is 0 Å². The molecule has 186 valence electrons. The number of piperidine rings is 1. The molecule has 0 saturated carbocycles. The van der Waals surface area contributed by atoms with Gasteiger partial charge in [-0.05, 0) is 43.5 Å². The molecule has 1 atom stereocenters. The lowest BCUT2D eigenvalue weighted by atomic mass is 10.0. The van der Waals surface area contributed by atoms with E-state index in [2.05, 4.69) is 35.1 Å². The van der Waals surface area contributed by atoms with Gasteiger partial charge in [0, 0.05) is 31.2 Å². The van der Waals surface area contributed by atoms with Crippen LogP contribution < -0.4 is 17.4 Å². The molecule has 5 N–H and O–H groups in total. The number of hydrazone groups is 1. The summed E-state index contributed by atoms with van der Waals surface area (Å²) in [5.41, 5.74) is 2.57. The smallest absolute Gasteiger partial charge is 0.326 e. The zero-order valence-corrected chi connectivity index (χ0v) is 20.3. The van der Waals surface area contributed by atoms with Gasteiger partial charge in [-0.15, -0.1) is 0 Å². The van der Waals surface area contributed by atoms with Crippen molar-refractivity contribution in [3.63, 3.8) is 0 Å². The number of nitrogens with zero attached hydrogens (tertiary/aromatic N) is 4. The monoisotopic (exact) mass is 477 g/mol. The number of H-pyrrole nitrogens is 1. The Labute approximate surface area is 205 Å². The highest BCUT2D eigenvalue weighted by molar-refractivity contribution is 5.88. The number of furan rings is 1. The first-order valence-corrected chi connectivity index (χ1v) is 12.1. The van der Waals surface area contributed by atoms with Gasteiger partial charge in [0.2, 0.25) is 0 Å². The molecule has 3 aromatic rings. The molecule has 9 heteroatoms. The van der Waals surface area contributed by atoms with Crippen LogP contribution in [0.25, 0.3) is 23.2 Å². The number of unbranched alkanes of at least 4 members (excludes halogenated alkanes) is 1. The van der Waals surface area contributed by atoms with Gasteiger partial charge < -0.3 is 15.2 Å². The largest absolute Gasteiger partial charge is 0.459 e. The molecule has 35 heavy (non-hydrogen) atoms. The molecule has 4 rings (SSSR count). The van der Waals surface area contributed by atoms with Gasteiger partial charge in [-0.25, -0.2) is 10.6 Å². The number of nitrogens with one attached hydrogen (secondary N) is 1. The number of nitrogens with two attached hydrogens (primary N) is 2. The van der Waals surface area contributed by atoms with E-state index in [0.717, 1.165) is 55.4 Å². The minimum atomic E-state index is -0.366. The van der Waals surface area contributed by atoms with Crippen molar-refractivity contribution >= 4 is 29.0 Å². The Morgan fingerprint density at radius 3 is 2.69 bits per heavy atom. The molecule has 0 spiro atoms. The lowest BCUT2D eigenvalue weighted by Gasteiger charge is -2.38. The van der Waals surface area contributed by atoms with Crippen molar-refractivity contribution < 1.29 is 4.42 Å². The second-order valence-corrected chi connectivity index (χ2v) is 8.90. The predicted molar refractivity (Wildman–Crippen MR) is 141 cm³/mol. The normalized spacial score (nSPS) is 16.5. The number of hydrogen-bond donors (Lipinski definition) is 3. The lowest BCUT2D eigenvalue weighted by Crippen LogP contribution is -2.49. The highest BCUT2D eigenvalue weighted by atomic mass is 16.3. The van der Waals surface area contributed by atoms with Crippen LogP contribution in [-0.4, -0.2) is 44.9 Å². The van der Waals surface area contributed by atoms with Crippen molar-refractivity contribution in [3.8, 4) is 0 Å². The molecular weight excluding hydrogens is 442 g/mol. The molecule has 3 heterocycles. The third-order valence-corrected chi connectivity index (χ3v) is 6.76. The fourth-order valence-corrected chi connectivity index (χ4v) is 4.95. The molecule has 1 unspecified atom stereocenters. The summed E-state index contributed by atoms with van der Waals surface area (Å²) in [7, 11) is 0. The number of para-hydroxylation sites is 2. The van der Waals surface area contributed by atoms with E-state index < -0.39 is 0 Å². The molecule has 1 aliphatic heterocycles. The topological polar surface area (TPSA) is 122 Å². The molecule has 1 fully saturated rings. The summed E-state index contributed by atoms with van der Waals surface area (Å²) in [6, 6.07) is 9.47. The number of imidazole rings is 1. The number of aromatic amines is 1. The van der Waals surface area contributed by atoms with E-state index in [1.165, 1.54) is 0 Å². The molecular formula is C26H35N7O2. The van der Waals surface area contributed by atoms with E-state index in [9.17, 15) is 4.79 Å². The maximum absolute atomic E-state index is 12.7. The summed E-state index contributed by atoms with van der Waals surface area (Å²) in [6.07, 6.45) is 6.92. The van der Waals surface area contributed by atoms with Gasteiger partial charge in [-0.2, -0.15) is 5.10 Å². The summed E-state index contributed by atoms with van der Waals surface area (Å²) >= 11 is 0. The van der Waals surface area contributed by atoms with Crippen LogP contribution in [0.1, 0.15) is 61.8 Å². The zero-order valence-electron chi connectivity index (χ0n) is 20.3. The van der Waals surface area contributed by atoms with E-state index in [0.29, 0.717) is 23.9 Å². The second kappa shape index (κ2) is 10.8. The summed E-state index contributed by atoms with van der Waals surface area (Å²) in [5, 5.41) is 5.73. The number of hydrazine groups is 1. The molecule has 1 aromatic carbocycles. The van der Waals surface area contributed by atoms with Gasteiger partial charge in [0.1, 0.15) is 17.6 Å². The lowest BCUT2D eigenvalue weighted by molar-refractivity contribution is 0.145. The van der Waals surface area contributed by atoms with Crippen molar-refractivity contribution in [3.05, 3.63) is 71.1 Å². The van der Waals surface area contributed by atoms with Gasteiger partial charge in [0.25, 0.3) is 0 Å². The van der Waals surface area contributed by atoms with Crippen molar-refractivity contribution in [1.29, 1.82) is 0 Å². The number of hydrogen-bond acceptors (Lipinski definition) is 6. The molecule has 1 saturated heterocycles. The third kappa shape index (κ3) is 4.82. The first kappa shape index (κ1) is 24.6. The third-order valence-electron chi connectivity index (χ3n) is 6.76. The average molecular weight is 478 g/mol. The van der Waals surface area contributed by atoms with E-state index >= 15 is 0 Å². The average Bonchev–Trinajstić information content (AvgIpc) is 3.45. The number of likely N-dealkylation sites (tertiary alicyclic amines) is 1. The Morgan fingerprint density at radius 1 is 1.31 bits per heavy atom. The minimum Gasteiger partial charge on any atom is -0.459 e. The summed E-state index contributed by atoms with van der Waals surface area (Å²) in [5.74, 6) is 14.2. The number of fused-ring (bicyclic) bond motifs is 1. The van der Waals surface area contributed by atoms with E-state index in [-0.39, 0.29) is 17.8 Å². The van der Waals surface area contributed by atoms with Crippen LogP contribution in [0.4, 0.5) is 0 Å². The van der Waals surface area contributed by atoms with E-state index in [1.807, 2.05) is 34.9 Å². The van der Waals surface area contributed by atoms with E-state index in [1.54, 1.807) is 17.2 Å². The van der Waals surface area contributed by atoms with Crippen LogP contribution >= 0.6 is 0 Å². The Morgan fingerprint density at radius 2 is 2.06 bits per heavy atom. The van der Waals surface area contributed by atoms with Crippen LogP contribution in [0.2, 0.25) is 0 Å². The summed E-state index contributed by atoms with van der Waals surface area (Å²) in [4.78, 5) is 18.0. The Hall–Kier alpha value is -3.56.